The van der Waals surface area contributed by atoms with Crippen molar-refractivity contribution < 1.29 is 5.11 Å². The molecule has 1 aromatic heterocycles. The number of aromatic hydroxyl groups is 1. The van der Waals surface area contributed by atoms with E-state index in [0.717, 1.165) is 23.4 Å². The van der Waals surface area contributed by atoms with Crippen LogP contribution in [0.1, 0.15) is 23.7 Å². The van der Waals surface area contributed by atoms with E-state index in [2.05, 4.69) is 17.2 Å². The smallest absolute Gasteiger partial charge is 0.141 e. The lowest BCUT2D eigenvalue weighted by molar-refractivity contribution is 0.456. The van der Waals surface area contributed by atoms with E-state index < -0.39 is 0 Å². The first-order chi connectivity index (χ1) is 7.20. The summed E-state index contributed by atoms with van der Waals surface area (Å²) >= 11 is 1.74. The van der Waals surface area contributed by atoms with Gasteiger partial charge in [0.15, 0.2) is 0 Å². The lowest BCUT2D eigenvalue weighted by Crippen LogP contribution is -2.14. The highest BCUT2D eigenvalue weighted by atomic mass is 32.2. The van der Waals surface area contributed by atoms with E-state index in [0.29, 0.717) is 18.0 Å². The van der Waals surface area contributed by atoms with Crippen molar-refractivity contribution >= 4 is 11.8 Å². The van der Waals surface area contributed by atoms with Gasteiger partial charge >= 0.3 is 0 Å². The zero-order valence-electron chi connectivity index (χ0n) is 9.50. The second kappa shape index (κ2) is 5.98. The van der Waals surface area contributed by atoms with Gasteiger partial charge in [0.1, 0.15) is 5.75 Å². The molecule has 0 aliphatic heterocycles. The summed E-state index contributed by atoms with van der Waals surface area (Å²) in [7, 11) is 0. The van der Waals surface area contributed by atoms with Crippen molar-refractivity contribution in [2.75, 3.05) is 12.8 Å². The number of aromatic nitrogens is 1. The Kier molecular flexibility index (Phi) is 4.91. The fourth-order valence-corrected chi connectivity index (χ4v) is 1.97. The van der Waals surface area contributed by atoms with Gasteiger partial charge in [0.05, 0.1) is 5.69 Å². The van der Waals surface area contributed by atoms with Crippen molar-refractivity contribution in [1.82, 2.24) is 10.3 Å². The van der Waals surface area contributed by atoms with Gasteiger partial charge in [-0.2, -0.15) is 11.8 Å². The van der Waals surface area contributed by atoms with Crippen LogP contribution < -0.4 is 5.32 Å². The number of hydrogen-bond donors (Lipinski definition) is 2. The normalized spacial score (nSPS) is 10.6. The maximum absolute atomic E-state index is 9.92. The van der Waals surface area contributed by atoms with E-state index >= 15 is 0 Å². The van der Waals surface area contributed by atoms with Gasteiger partial charge in [0.2, 0.25) is 0 Å². The van der Waals surface area contributed by atoms with E-state index in [1.54, 1.807) is 11.8 Å². The molecule has 0 atom stereocenters. The number of nitrogens with one attached hydrogen (secondary N) is 1. The third-order valence-electron chi connectivity index (χ3n) is 2.28. The fourth-order valence-electron chi connectivity index (χ4n) is 1.41. The molecule has 84 valence electrons. The summed E-state index contributed by atoms with van der Waals surface area (Å²) < 4.78 is 0. The molecule has 1 rings (SSSR count). The Morgan fingerprint density at radius 1 is 1.53 bits per heavy atom. The van der Waals surface area contributed by atoms with Crippen molar-refractivity contribution in [2.45, 2.75) is 26.1 Å². The molecule has 0 unspecified atom stereocenters. The number of pyridine rings is 1. The van der Waals surface area contributed by atoms with Crippen molar-refractivity contribution in [1.29, 1.82) is 0 Å². The van der Waals surface area contributed by atoms with Crippen molar-refractivity contribution in [3.63, 3.8) is 0 Å². The van der Waals surface area contributed by atoms with E-state index in [1.807, 2.05) is 19.4 Å². The van der Waals surface area contributed by atoms with Crippen LogP contribution in [0.5, 0.6) is 5.75 Å². The number of nitrogens with zero attached hydrogens (tertiary/aromatic N) is 1. The maximum Gasteiger partial charge on any atom is 0.141 e. The molecule has 0 saturated carbocycles. The summed E-state index contributed by atoms with van der Waals surface area (Å²) in [5.41, 5.74) is 2.80. The molecule has 4 heteroatoms. The van der Waals surface area contributed by atoms with Crippen LogP contribution in [0.3, 0.4) is 0 Å². The van der Waals surface area contributed by atoms with Gasteiger partial charge in [0.25, 0.3) is 0 Å². The molecule has 1 heterocycles. The summed E-state index contributed by atoms with van der Waals surface area (Å²) in [6.45, 7) is 5.49. The Hall–Kier alpha value is -0.740. The lowest BCUT2D eigenvalue weighted by Gasteiger charge is -2.12. The summed E-state index contributed by atoms with van der Waals surface area (Å²) in [4.78, 5) is 4.17. The van der Waals surface area contributed by atoms with Gasteiger partial charge in [-0.25, -0.2) is 0 Å². The van der Waals surface area contributed by atoms with Gasteiger partial charge in [-0.05, 0) is 25.3 Å². The number of thioether (sulfide) groups is 1. The molecule has 2 N–H and O–H groups in total. The first-order valence-electron chi connectivity index (χ1n) is 5.06. The molecule has 0 fully saturated rings. The summed E-state index contributed by atoms with van der Waals surface area (Å²) in [5, 5.41) is 13.2. The molecule has 0 bridgehead atoms. The Morgan fingerprint density at radius 2 is 2.27 bits per heavy atom. The van der Waals surface area contributed by atoms with Crippen molar-refractivity contribution in [2.24, 2.45) is 0 Å². The monoisotopic (exact) mass is 226 g/mol. The molecule has 0 aromatic carbocycles. The average molecular weight is 226 g/mol. The topological polar surface area (TPSA) is 45.2 Å². The predicted molar refractivity (Wildman–Crippen MR) is 65.2 cm³/mol. The molecular weight excluding hydrogens is 208 g/mol. The minimum Gasteiger partial charge on any atom is -0.506 e. The highest BCUT2D eigenvalue weighted by Gasteiger charge is 2.10. The van der Waals surface area contributed by atoms with Crippen molar-refractivity contribution in [3.8, 4) is 5.75 Å². The first-order valence-corrected chi connectivity index (χ1v) is 6.46. The van der Waals surface area contributed by atoms with Gasteiger partial charge in [-0.3, -0.25) is 4.98 Å². The average Bonchev–Trinajstić information content (AvgIpc) is 2.23. The van der Waals surface area contributed by atoms with Crippen molar-refractivity contribution in [3.05, 3.63) is 23.0 Å². The zero-order valence-corrected chi connectivity index (χ0v) is 10.3. The third kappa shape index (κ3) is 3.11. The Balaban J connectivity index is 2.99. The summed E-state index contributed by atoms with van der Waals surface area (Å²) in [6.07, 6.45) is 3.91. The van der Waals surface area contributed by atoms with Gasteiger partial charge in [-0.1, -0.05) is 6.92 Å². The van der Waals surface area contributed by atoms with Crippen LogP contribution in [0.15, 0.2) is 6.20 Å². The first kappa shape index (κ1) is 12.3. The largest absolute Gasteiger partial charge is 0.506 e. The molecule has 1 aromatic rings. The van der Waals surface area contributed by atoms with Crippen LogP contribution in [-0.2, 0) is 12.3 Å². The number of hydrogen-bond acceptors (Lipinski definition) is 4. The maximum atomic E-state index is 9.92. The van der Waals surface area contributed by atoms with E-state index in [9.17, 15) is 5.11 Å². The molecule has 0 saturated heterocycles. The molecule has 0 spiro atoms. The Morgan fingerprint density at radius 3 is 2.87 bits per heavy atom. The Bertz CT molecular complexity index is 329. The second-order valence-electron chi connectivity index (χ2n) is 3.41. The van der Waals surface area contributed by atoms with Crippen LogP contribution >= 0.6 is 11.8 Å². The molecule has 15 heavy (non-hydrogen) atoms. The molecule has 0 amide bonds. The highest BCUT2D eigenvalue weighted by Crippen LogP contribution is 2.25. The quantitative estimate of drug-likeness (QED) is 0.807. The van der Waals surface area contributed by atoms with Crippen LogP contribution in [0.2, 0.25) is 0 Å². The molecule has 0 aliphatic carbocycles. The SMILES string of the molecule is CCNCc1c(CSC)cnc(C)c1O. The predicted octanol–water partition coefficient (Wildman–Crippen LogP) is 2.07. The zero-order chi connectivity index (χ0) is 11.3. The molecule has 3 nitrogen and oxygen atoms in total. The minimum atomic E-state index is 0.336. The number of rotatable bonds is 5. The van der Waals surface area contributed by atoms with Crippen LogP contribution in [-0.4, -0.2) is 22.9 Å². The van der Waals surface area contributed by atoms with Crippen LogP contribution in [0.4, 0.5) is 0 Å². The Labute approximate surface area is 95.3 Å². The molecule has 0 radical (unpaired) electrons. The summed E-state index contributed by atoms with van der Waals surface area (Å²) in [5.74, 6) is 1.23. The van der Waals surface area contributed by atoms with Crippen LogP contribution in [0, 0.1) is 6.92 Å². The molecular formula is C11H18N2OS. The van der Waals surface area contributed by atoms with E-state index in [4.69, 9.17) is 0 Å². The van der Waals surface area contributed by atoms with Crippen LogP contribution in [0.25, 0.3) is 0 Å². The van der Waals surface area contributed by atoms with E-state index in [1.165, 1.54) is 0 Å². The number of aryl methyl sites for hydroxylation is 1. The van der Waals surface area contributed by atoms with Gasteiger partial charge in [0, 0.05) is 24.1 Å². The lowest BCUT2D eigenvalue weighted by atomic mass is 10.1. The molecule has 0 aliphatic rings. The minimum absolute atomic E-state index is 0.336. The standard InChI is InChI=1S/C11H18N2OS/c1-4-12-6-10-9(7-15-3)5-13-8(2)11(10)14/h5,12,14H,4,6-7H2,1-3H3. The van der Waals surface area contributed by atoms with E-state index in [-0.39, 0.29) is 0 Å². The van der Waals surface area contributed by atoms with Gasteiger partial charge < -0.3 is 10.4 Å². The second-order valence-corrected chi connectivity index (χ2v) is 4.28. The highest BCUT2D eigenvalue weighted by molar-refractivity contribution is 7.97. The van der Waals surface area contributed by atoms with Gasteiger partial charge in [-0.15, -0.1) is 0 Å². The summed E-state index contributed by atoms with van der Waals surface area (Å²) in [6, 6.07) is 0. The fraction of sp³-hybridized carbons (Fsp3) is 0.545. The third-order valence-corrected chi connectivity index (χ3v) is 2.88.